The molecular formula is C13H11ClN2O3. The fourth-order valence-electron chi connectivity index (χ4n) is 1.24. The average Bonchev–Trinajstić information content (AvgIpc) is 2.91. The van der Waals surface area contributed by atoms with Crippen molar-refractivity contribution in [2.75, 3.05) is 6.61 Å². The highest BCUT2D eigenvalue weighted by molar-refractivity contribution is 6.30. The topological polar surface area (TPSA) is 63.8 Å². The lowest BCUT2D eigenvalue weighted by Gasteiger charge is -2.04. The quantitative estimate of drug-likeness (QED) is 0.675. The number of furan rings is 1. The molecule has 0 fully saturated rings. The van der Waals surface area contributed by atoms with Gasteiger partial charge in [0.1, 0.15) is 5.75 Å². The van der Waals surface area contributed by atoms with E-state index in [0.29, 0.717) is 10.8 Å². The number of carbonyl (C=O) groups excluding carboxylic acids is 1. The van der Waals surface area contributed by atoms with Crippen LogP contribution in [0.1, 0.15) is 5.56 Å². The highest BCUT2D eigenvalue weighted by Gasteiger charge is 2.01. The Morgan fingerprint density at radius 2 is 2.16 bits per heavy atom. The van der Waals surface area contributed by atoms with Crippen LogP contribution in [0.2, 0.25) is 5.02 Å². The number of nitrogens with one attached hydrogen (secondary N) is 1. The number of hydrogen-bond acceptors (Lipinski definition) is 4. The maximum atomic E-state index is 11.4. The van der Waals surface area contributed by atoms with E-state index in [4.69, 9.17) is 20.8 Å². The first-order chi connectivity index (χ1) is 9.24. The van der Waals surface area contributed by atoms with Crippen molar-refractivity contribution in [3.05, 3.63) is 53.4 Å². The summed E-state index contributed by atoms with van der Waals surface area (Å²) in [6.45, 7) is -0.121. The van der Waals surface area contributed by atoms with Crippen molar-refractivity contribution in [1.29, 1.82) is 0 Å². The number of benzene rings is 1. The summed E-state index contributed by atoms with van der Waals surface area (Å²) in [5.74, 6) is 0.216. The van der Waals surface area contributed by atoms with Gasteiger partial charge in [-0.25, -0.2) is 5.43 Å². The summed E-state index contributed by atoms with van der Waals surface area (Å²) in [6, 6.07) is 8.46. The molecular weight excluding hydrogens is 268 g/mol. The molecule has 0 atom stereocenters. The van der Waals surface area contributed by atoms with Gasteiger partial charge in [0.25, 0.3) is 5.91 Å². The molecule has 0 unspecified atom stereocenters. The van der Waals surface area contributed by atoms with Gasteiger partial charge in [0.2, 0.25) is 0 Å². The summed E-state index contributed by atoms with van der Waals surface area (Å²) >= 11 is 5.73. The third-order valence-electron chi connectivity index (χ3n) is 2.13. The number of carbonyl (C=O) groups is 1. The van der Waals surface area contributed by atoms with E-state index in [2.05, 4.69) is 10.5 Å². The molecule has 1 amide bonds. The number of amides is 1. The zero-order chi connectivity index (χ0) is 13.5. The normalized spacial score (nSPS) is 10.6. The Hall–Kier alpha value is -2.27. The van der Waals surface area contributed by atoms with Gasteiger partial charge in [-0.15, -0.1) is 0 Å². The standard InChI is InChI=1S/C13H11ClN2O3/c14-11-1-3-12(4-2-11)19-9-13(17)16-15-7-10-5-6-18-8-10/h1-8H,9H2,(H,16,17). The number of hydrogen-bond donors (Lipinski definition) is 1. The fourth-order valence-corrected chi connectivity index (χ4v) is 1.37. The van der Waals surface area contributed by atoms with Crippen LogP contribution in [0, 0.1) is 0 Å². The number of halogens is 1. The van der Waals surface area contributed by atoms with E-state index in [9.17, 15) is 4.79 Å². The second-order valence-electron chi connectivity index (χ2n) is 3.59. The molecule has 0 aliphatic carbocycles. The maximum absolute atomic E-state index is 11.4. The zero-order valence-corrected chi connectivity index (χ0v) is 10.6. The Morgan fingerprint density at radius 3 is 2.84 bits per heavy atom. The molecule has 0 aliphatic rings. The molecule has 1 aromatic carbocycles. The molecule has 0 spiro atoms. The molecule has 0 radical (unpaired) electrons. The van der Waals surface area contributed by atoms with E-state index in [1.165, 1.54) is 18.7 Å². The van der Waals surface area contributed by atoms with Crippen LogP contribution >= 0.6 is 11.6 Å². The van der Waals surface area contributed by atoms with Crippen LogP contribution in [0.15, 0.2) is 52.4 Å². The minimum Gasteiger partial charge on any atom is -0.484 e. The van der Waals surface area contributed by atoms with Gasteiger partial charge in [0.15, 0.2) is 6.61 Å². The SMILES string of the molecule is O=C(COc1ccc(Cl)cc1)NN=Cc1ccoc1. The summed E-state index contributed by atoms with van der Waals surface area (Å²) < 4.78 is 10.1. The Bertz CT molecular complexity index is 550. The second kappa shape index (κ2) is 6.61. The molecule has 19 heavy (non-hydrogen) atoms. The van der Waals surface area contributed by atoms with Crippen molar-refractivity contribution in [2.45, 2.75) is 0 Å². The number of hydrazone groups is 1. The Labute approximate surface area is 114 Å². The molecule has 2 rings (SSSR count). The number of rotatable bonds is 5. The van der Waals surface area contributed by atoms with Crippen molar-refractivity contribution < 1.29 is 13.9 Å². The summed E-state index contributed by atoms with van der Waals surface area (Å²) in [5.41, 5.74) is 3.10. The first kappa shape index (κ1) is 13.2. The monoisotopic (exact) mass is 278 g/mol. The molecule has 0 saturated heterocycles. The van der Waals surface area contributed by atoms with Gasteiger partial charge >= 0.3 is 0 Å². The first-order valence-electron chi connectivity index (χ1n) is 5.46. The molecule has 1 N–H and O–H groups in total. The Kier molecular flexibility index (Phi) is 4.58. The lowest BCUT2D eigenvalue weighted by Crippen LogP contribution is -2.24. The van der Waals surface area contributed by atoms with Crippen molar-refractivity contribution in [3.63, 3.8) is 0 Å². The van der Waals surface area contributed by atoms with E-state index in [0.717, 1.165) is 5.56 Å². The summed E-state index contributed by atoms with van der Waals surface area (Å²) in [5, 5.41) is 4.37. The summed E-state index contributed by atoms with van der Waals surface area (Å²) in [6.07, 6.45) is 4.51. The fraction of sp³-hybridized carbons (Fsp3) is 0.0769. The molecule has 5 nitrogen and oxygen atoms in total. The molecule has 98 valence electrons. The van der Waals surface area contributed by atoms with Crippen LogP contribution in [-0.2, 0) is 4.79 Å². The highest BCUT2D eigenvalue weighted by Crippen LogP contribution is 2.15. The molecule has 1 heterocycles. The average molecular weight is 279 g/mol. The van der Waals surface area contributed by atoms with Crippen molar-refractivity contribution >= 4 is 23.7 Å². The van der Waals surface area contributed by atoms with Crippen molar-refractivity contribution in [1.82, 2.24) is 5.43 Å². The van der Waals surface area contributed by atoms with Gasteiger partial charge in [-0.3, -0.25) is 4.79 Å². The second-order valence-corrected chi connectivity index (χ2v) is 4.03. The van der Waals surface area contributed by atoms with E-state index in [1.807, 2.05) is 0 Å². The van der Waals surface area contributed by atoms with Gasteiger partial charge < -0.3 is 9.15 Å². The van der Waals surface area contributed by atoms with Gasteiger partial charge in [-0.1, -0.05) is 11.6 Å². The van der Waals surface area contributed by atoms with Crippen LogP contribution in [0.25, 0.3) is 0 Å². The van der Waals surface area contributed by atoms with Crippen LogP contribution in [-0.4, -0.2) is 18.7 Å². The van der Waals surface area contributed by atoms with Crippen molar-refractivity contribution in [3.8, 4) is 5.75 Å². The van der Waals surface area contributed by atoms with Crippen LogP contribution < -0.4 is 10.2 Å². The van der Waals surface area contributed by atoms with E-state index >= 15 is 0 Å². The van der Waals surface area contributed by atoms with Crippen LogP contribution in [0.3, 0.4) is 0 Å². The molecule has 2 aromatic rings. The third kappa shape index (κ3) is 4.48. The minimum atomic E-state index is -0.352. The molecule has 6 heteroatoms. The molecule has 0 aliphatic heterocycles. The number of ether oxygens (including phenoxy) is 1. The highest BCUT2D eigenvalue weighted by atomic mass is 35.5. The molecule has 1 aromatic heterocycles. The van der Waals surface area contributed by atoms with Gasteiger partial charge in [-0.05, 0) is 30.3 Å². The predicted molar refractivity (Wildman–Crippen MR) is 71.4 cm³/mol. The van der Waals surface area contributed by atoms with Crippen LogP contribution in [0.5, 0.6) is 5.75 Å². The summed E-state index contributed by atoms with van der Waals surface area (Å²) in [4.78, 5) is 11.4. The van der Waals surface area contributed by atoms with Gasteiger partial charge in [-0.2, -0.15) is 5.10 Å². The number of nitrogens with zero attached hydrogens (tertiary/aromatic N) is 1. The Balaban J connectivity index is 1.74. The van der Waals surface area contributed by atoms with E-state index in [-0.39, 0.29) is 12.5 Å². The molecule has 0 bridgehead atoms. The Morgan fingerprint density at radius 1 is 1.37 bits per heavy atom. The summed E-state index contributed by atoms with van der Waals surface area (Å²) in [7, 11) is 0. The lowest BCUT2D eigenvalue weighted by molar-refractivity contribution is -0.123. The van der Waals surface area contributed by atoms with Crippen LogP contribution in [0.4, 0.5) is 0 Å². The smallest absolute Gasteiger partial charge is 0.277 e. The van der Waals surface area contributed by atoms with Gasteiger partial charge in [0, 0.05) is 10.6 Å². The third-order valence-corrected chi connectivity index (χ3v) is 2.38. The lowest BCUT2D eigenvalue weighted by atomic mass is 10.3. The maximum Gasteiger partial charge on any atom is 0.277 e. The van der Waals surface area contributed by atoms with E-state index < -0.39 is 0 Å². The van der Waals surface area contributed by atoms with Crippen molar-refractivity contribution in [2.24, 2.45) is 5.10 Å². The molecule has 0 saturated carbocycles. The predicted octanol–water partition coefficient (Wildman–Crippen LogP) is 2.46. The zero-order valence-electron chi connectivity index (χ0n) is 9.88. The largest absolute Gasteiger partial charge is 0.484 e. The van der Waals surface area contributed by atoms with Gasteiger partial charge in [0.05, 0.1) is 18.7 Å². The van der Waals surface area contributed by atoms with E-state index in [1.54, 1.807) is 30.3 Å². The first-order valence-corrected chi connectivity index (χ1v) is 5.84. The minimum absolute atomic E-state index is 0.121.